The molecule has 0 saturated carbocycles. The van der Waals surface area contributed by atoms with Crippen molar-refractivity contribution in [1.29, 1.82) is 0 Å². The summed E-state index contributed by atoms with van der Waals surface area (Å²) in [6.45, 7) is 25.1. The lowest BCUT2D eigenvalue weighted by Crippen LogP contribution is -1.95. The molecular formula is C59H66. The number of allylic oxidation sites excluding steroid dienone is 7. The SMILES string of the molecule is C.C=C(/C=C(/c1ccc(C)cc1)c1cc(-c2cccc3ccccc23)ccc1C)c1cccc2ccccc12.C=C(C)/C=C\C=C/CC.CC.CC(C)c1ccccc1. The van der Waals surface area contributed by atoms with Gasteiger partial charge in [0.1, 0.15) is 0 Å². The van der Waals surface area contributed by atoms with E-state index in [4.69, 9.17) is 0 Å². The van der Waals surface area contributed by atoms with Crippen molar-refractivity contribution in [3.63, 3.8) is 0 Å². The number of aryl methyl sites for hydroxylation is 2. The summed E-state index contributed by atoms with van der Waals surface area (Å²) >= 11 is 0. The zero-order chi connectivity index (χ0) is 41.9. The summed E-state index contributed by atoms with van der Waals surface area (Å²) in [5.74, 6) is 0.659. The standard InChI is InChI=1S/C38H30.C9H12.C9H14.C2H6.CH4/c1-26-18-21-31(22-19-26)38(24-28(3)33-16-8-12-29-10-4-6-14-34(29)33)37-25-32(23-20-27(37)2)36-17-9-13-30-11-5-7-15-35(30)36;1-8(2)9-6-4-3-5-7-9;1-4-5-6-7-8-9(2)3;1-2;/h4-25H,3H2,1-2H3;3-8H,1-2H3;5-8H,2,4H2,1,3H3;1-2H3;1H4/b38-24-;;6-5-,8-7-;;. The quantitative estimate of drug-likeness (QED) is 0.128. The summed E-state index contributed by atoms with van der Waals surface area (Å²) in [5, 5.41) is 4.97. The monoisotopic (exact) mass is 775 g/mol. The third kappa shape index (κ3) is 13.7. The van der Waals surface area contributed by atoms with Crippen molar-refractivity contribution >= 4 is 32.7 Å². The number of hydrogen-bond donors (Lipinski definition) is 0. The highest BCUT2D eigenvalue weighted by Crippen LogP contribution is 2.36. The molecule has 0 saturated heterocycles. The first kappa shape index (κ1) is 47.1. The Balaban J connectivity index is 0.000000367. The Labute approximate surface area is 357 Å². The molecule has 0 amide bonds. The fraction of sp³-hybridized carbons (Fsp3) is 0.186. The van der Waals surface area contributed by atoms with Crippen molar-refractivity contribution in [3.05, 3.63) is 240 Å². The first-order valence-corrected chi connectivity index (χ1v) is 20.7. The van der Waals surface area contributed by atoms with Gasteiger partial charge in [0.15, 0.2) is 0 Å². The second-order valence-corrected chi connectivity index (χ2v) is 14.6. The van der Waals surface area contributed by atoms with Crippen molar-refractivity contribution in [3.8, 4) is 11.1 Å². The molecule has 0 radical (unpaired) electrons. The normalized spacial score (nSPS) is 10.9. The molecule has 0 aromatic heterocycles. The molecule has 59 heavy (non-hydrogen) atoms. The van der Waals surface area contributed by atoms with Crippen molar-refractivity contribution in [2.24, 2.45) is 0 Å². The van der Waals surface area contributed by atoms with Crippen LogP contribution in [0, 0.1) is 13.8 Å². The minimum absolute atomic E-state index is 0. The second kappa shape index (κ2) is 24.5. The molecule has 0 unspecified atom stereocenters. The summed E-state index contributed by atoms with van der Waals surface area (Å²) in [4.78, 5) is 0. The van der Waals surface area contributed by atoms with Gasteiger partial charge < -0.3 is 0 Å². The highest BCUT2D eigenvalue weighted by Gasteiger charge is 2.13. The predicted molar refractivity (Wildman–Crippen MR) is 267 cm³/mol. The van der Waals surface area contributed by atoms with Crippen LogP contribution >= 0.6 is 0 Å². The summed E-state index contributed by atoms with van der Waals surface area (Å²) in [5.41, 5.74) is 13.2. The highest BCUT2D eigenvalue weighted by molar-refractivity contribution is 6.01. The second-order valence-electron chi connectivity index (χ2n) is 14.6. The average Bonchev–Trinajstić information content (AvgIpc) is 3.26. The zero-order valence-corrected chi connectivity index (χ0v) is 36.1. The summed E-state index contributed by atoms with van der Waals surface area (Å²) in [6, 6.07) is 56.3. The summed E-state index contributed by atoms with van der Waals surface area (Å²) in [7, 11) is 0. The Bertz CT molecular complexity index is 2450. The van der Waals surface area contributed by atoms with Crippen LogP contribution in [0.3, 0.4) is 0 Å². The van der Waals surface area contributed by atoms with Crippen LogP contribution in [0.2, 0.25) is 0 Å². The molecule has 0 heteroatoms. The van der Waals surface area contributed by atoms with Gasteiger partial charge in [0, 0.05) is 0 Å². The van der Waals surface area contributed by atoms with Crippen molar-refractivity contribution < 1.29 is 0 Å². The molecule has 0 heterocycles. The van der Waals surface area contributed by atoms with Crippen LogP contribution in [-0.2, 0) is 0 Å². The third-order valence-electron chi connectivity index (χ3n) is 9.77. The Morgan fingerprint density at radius 1 is 0.610 bits per heavy atom. The maximum atomic E-state index is 4.56. The van der Waals surface area contributed by atoms with E-state index in [-0.39, 0.29) is 7.43 Å². The molecular weight excluding hydrogens is 709 g/mol. The highest BCUT2D eigenvalue weighted by atomic mass is 14.2. The van der Waals surface area contributed by atoms with E-state index >= 15 is 0 Å². The van der Waals surface area contributed by atoms with E-state index < -0.39 is 0 Å². The first-order valence-electron chi connectivity index (χ1n) is 20.7. The Kier molecular flexibility index (Phi) is 19.6. The van der Waals surface area contributed by atoms with Gasteiger partial charge in [-0.1, -0.05) is 242 Å². The predicted octanol–water partition coefficient (Wildman–Crippen LogP) is 18.0. The van der Waals surface area contributed by atoms with E-state index in [0.29, 0.717) is 5.92 Å². The number of rotatable bonds is 9. The molecule has 0 spiro atoms. The number of fused-ring (bicyclic) bond motifs is 2. The van der Waals surface area contributed by atoms with E-state index in [0.717, 1.165) is 23.1 Å². The summed E-state index contributed by atoms with van der Waals surface area (Å²) in [6.07, 6.45) is 11.5. The largest absolute Gasteiger partial charge is 0.0961 e. The number of hydrogen-bond acceptors (Lipinski definition) is 0. The van der Waals surface area contributed by atoms with Crippen molar-refractivity contribution in [2.75, 3.05) is 0 Å². The van der Waals surface area contributed by atoms with Crippen LogP contribution in [0.15, 0.2) is 207 Å². The van der Waals surface area contributed by atoms with E-state index in [1.165, 1.54) is 66.1 Å². The van der Waals surface area contributed by atoms with Crippen molar-refractivity contribution in [2.45, 2.75) is 75.2 Å². The molecule has 0 fully saturated rings. The minimum Gasteiger partial charge on any atom is -0.0961 e. The van der Waals surface area contributed by atoms with Gasteiger partial charge in [-0.3, -0.25) is 0 Å². The van der Waals surface area contributed by atoms with Crippen LogP contribution in [0.5, 0.6) is 0 Å². The van der Waals surface area contributed by atoms with E-state index in [1.807, 2.05) is 45.1 Å². The molecule has 0 aliphatic carbocycles. The molecule has 7 aromatic rings. The van der Waals surface area contributed by atoms with Gasteiger partial charge in [-0.05, 0) is 117 Å². The Hall–Kier alpha value is -6.24. The summed E-state index contributed by atoms with van der Waals surface area (Å²) < 4.78 is 0. The lowest BCUT2D eigenvalue weighted by Gasteiger charge is -2.16. The van der Waals surface area contributed by atoms with Gasteiger partial charge in [-0.15, -0.1) is 0 Å². The average molecular weight is 775 g/mol. The lowest BCUT2D eigenvalue weighted by molar-refractivity contribution is 0.867. The van der Waals surface area contributed by atoms with Gasteiger partial charge in [-0.2, -0.15) is 0 Å². The molecule has 0 atom stereocenters. The Morgan fingerprint density at radius 2 is 1.19 bits per heavy atom. The topological polar surface area (TPSA) is 0 Å². The molecule has 0 aliphatic heterocycles. The van der Waals surface area contributed by atoms with E-state index in [9.17, 15) is 0 Å². The zero-order valence-electron chi connectivity index (χ0n) is 36.1. The molecule has 0 bridgehead atoms. The lowest BCUT2D eigenvalue weighted by atomic mass is 9.88. The molecule has 0 N–H and O–H groups in total. The molecule has 0 aliphatic rings. The van der Waals surface area contributed by atoms with Crippen LogP contribution in [-0.4, -0.2) is 0 Å². The van der Waals surface area contributed by atoms with Gasteiger partial charge in [0.2, 0.25) is 0 Å². The van der Waals surface area contributed by atoms with Crippen molar-refractivity contribution in [1.82, 2.24) is 0 Å². The fourth-order valence-electron chi connectivity index (χ4n) is 6.64. The fourth-order valence-corrected chi connectivity index (χ4v) is 6.64. The smallest absolute Gasteiger partial charge is 0.0103 e. The van der Waals surface area contributed by atoms with Crippen LogP contribution in [0.4, 0.5) is 0 Å². The Morgan fingerprint density at radius 3 is 1.80 bits per heavy atom. The minimum atomic E-state index is 0. The number of benzene rings is 7. The molecule has 7 rings (SSSR count). The van der Waals surface area contributed by atoms with Crippen LogP contribution in [0.1, 0.15) is 94.7 Å². The van der Waals surface area contributed by atoms with Gasteiger partial charge >= 0.3 is 0 Å². The van der Waals surface area contributed by atoms with Crippen LogP contribution in [0.25, 0.3) is 43.8 Å². The maximum absolute atomic E-state index is 4.56. The van der Waals surface area contributed by atoms with Crippen LogP contribution < -0.4 is 0 Å². The third-order valence-corrected chi connectivity index (χ3v) is 9.77. The van der Waals surface area contributed by atoms with E-state index in [1.54, 1.807) is 0 Å². The van der Waals surface area contributed by atoms with Gasteiger partial charge in [0.05, 0.1) is 0 Å². The first-order chi connectivity index (χ1) is 28.2. The molecule has 0 nitrogen and oxygen atoms in total. The maximum Gasteiger partial charge on any atom is -0.0103 e. The molecule has 7 aromatic carbocycles. The van der Waals surface area contributed by atoms with Gasteiger partial charge in [0.25, 0.3) is 0 Å². The van der Waals surface area contributed by atoms with E-state index in [2.05, 4.69) is 212 Å². The molecule has 302 valence electrons. The van der Waals surface area contributed by atoms with Gasteiger partial charge in [-0.25, -0.2) is 0 Å².